The average Bonchev–Trinajstić information content (AvgIpc) is 3.19. The molecule has 1 atom stereocenters. The Labute approximate surface area is 233 Å². The van der Waals surface area contributed by atoms with Gasteiger partial charge in [-0.05, 0) is 71.8 Å². The molecule has 210 valence electrons. The zero-order valence-electron chi connectivity index (χ0n) is 23.1. The van der Waals surface area contributed by atoms with Gasteiger partial charge in [-0.3, -0.25) is 19.4 Å². The summed E-state index contributed by atoms with van der Waals surface area (Å²) in [5, 5.41) is 8.82. The highest BCUT2D eigenvalue weighted by Crippen LogP contribution is 2.50. The molecule has 0 saturated heterocycles. The van der Waals surface area contributed by atoms with Crippen LogP contribution in [0, 0.1) is 0 Å². The van der Waals surface area contributed by atoms with Crippen molar-refractivity contribution in [3.8, 4) is 28.4 Å². The maximum atomic E-state index is 13.3. The number of fused-ring (bicyclic) bond motifs is 3. The second kappa shape index (κ2) is 13.0. The first kappa shape index (κ1) is 28.4. The Kier molecular flexibility index (Phi) is 9.21. The summed E-state index contributed by atoms with van der Waals surface area (Å²) in [5.74, 6) is 0.998. The normalized spacial score (nSPS) is 13.7. The third kappa shape index (κ3) is 6.33. The smallest absolute Gasteiger partial charge is 0.239 e. The van der Waals surface area contributed by atoms with Gasteiger partial charge in [0.1, 0.15) is 0 Å². The van der Waals surface area contributed by atoms with Gasteiger partial charge in [0.05, 0.1) is 39.6 Å². The van der Waals surface area contributed by atoms with Crippen LogP contribution in [0.2, 0.25) is 0 Å². The number of nitrogens with zero attached hydrogens (tertiary/aromatic N) is 1. The van der Waals surface area contributed by atoms with Gasteiger partial charge < -0.3 is 30.2 Å². The summed E-state index contributed by atoms with van der Waals surface area (Å²) in [6, 6.07) is 10.3. The van der Waals surface area contributed by atoms with Crippen LogP contribution in [0.15, 0.2) is 53.6 Å². The predicted molar refractivity (Wildman–Crippen MR) is 152 cm³/mol. The van der Waals surface area contributed by atoms with Gasteiger partial charge in [-0.25, -0.2) is 0 Å². The molecule has 0 bridgehead atoms. The van der Waals surface area contributed by atoms with Gasteiger partial charge in [-0.1, -0.05) is 6.07 Å². The molecule has 40 heavy (non-hydrogen) atoms. The van der Waals surface area contributed by atoms with Gasteiger partial charge in [0.2, 0.25) is 23.0 Å². The highest BCUT2D eigenvalue weighted by molar-refractivity contribution is 5.84. The minimum absolute atomic E-state index is 0.0691. The summed E-state index contributed by atoms with van der Waals surface area (Å²) in [5.41, 5.74) is 4.10. The molecule has 1 aliphatic rings. The van der Waals surface area contributed by atoms with Gasteiger partial charge in [-0.15, -0.1) is 0 Å². The lowest BCUT2D eigenvalue weighted by atomic mass is 9.95. The fourth-order valence-corrected chi connectivity index (χ4v) is 4.99. The number of pyridine rings is 1. The quantitative estimate of drug-likeness (QED) is 0.354. The number of aromatic nitrogens is 1. The molecule has 0 aliphatic heterocycles. The fraction of sp³-hybridized carbons (Fsp3) is 0.333. The Morgan fingerprint density at radius 2 is 1.75 bits per heavy atom. The van der Waals surface area contributed by atoms with Crippen molar-refractivity contribution in [2.24, 2.45) is 0 Å². The van der Waals surface area contributed by atoms with E-state index in [1.807, 2.05) is 24.3 Å². The molecule has 10 heteroatoms. The molecule has 0 fully saturated rings. The van der Waals surface area contributed by atoms with Crippen molar-refractivity contribution in [1.82, 2.24) is 15.6 Å². The lowest BCUT2D eigenvalue weighted by molar-refractivity contribution is -0.120. The Balaban J connectivity index is 1.67. The third-order valence-corrected chi connectivity index (χ3v) is 6.84. The average molecular weight is 547 g/mol. The Morgan fingerprint density at radius 3 is 2.42 bits per heavy atom. The van der Waals surface area contributed by atoms with Crippen molar-refractivity contribution >= 4 is 17.5 Å². The first-order valence-electron chi connectivity index (χ1n) is 13.0. The van der Waals surface area contributed by atoms with E-state index in [9.17, 15) is 14.4 Å². The van der Waals surface area contributed by atoms with E-state index in [4.69, 9.17) is 14.2 Å². The first-order valence-corrected chi connectivity index (χ1v) is 13.0. The molecule has 3 N–H and O–H groups in total. The molecule has 2 aromatic carbocycles. The van der Waals surface area contributed by atoms with E-state index in [0.717, 1.165) is 22.3 Å². The molecule has 4 rings (SSSR count). The number of rotatable bonds is 10. The summed E-state index contributed by atoms with van der Waals surface area (Å²) in [4.78, 5) is 41.9. The minimum atomic E-state index is -0.411. The molecular weight excluding hydrogens is 512 g/mol. The molecule has 1 aliphatic carbocycles. The van der Waals surface area contributed by atoms with Gasteiger partial charge in [0.15, 0.2) is 11.5 Å². The van der Waals surface area contributed by atoms with Crippen molar-refractivity contribution in [2.45, 2.75) is 32.2 Å². The maximum Gasteiger partial charge on any atom is 0.239 e. The van der Waals surface area contributed by atoms with Crippen LogP contribution in [0.3, 0.4) is 0 Å². The topological polar surface area (TPSA) is 128 Å². The highest BCUT2D eigenvalue weighted by atomic mass is 16.5. The molecule has 3 aromatic rings. The molecule has 2 amide bonds. The highest BCUT2D eigenvalue weighted by Gasteiger charge is 2.29. The van der Waals surface area contributed by atoms with Crippen LogP contribution in [0.5, 0.6) is 17.2 Å². The molecule has 0 spiro atoms. The lowest BCUT2D eigenvalue weighted by Gasteiger charge is -2.19. The Bertz CT molecular complexity index is 1440. The van der Waals surface area contributed by atoms with E-state index in [-0.39, 0.29) is 29.5 Å². The number of hydrogen-bond acceptors (Lipinski definition) is 8. The van der Waals surface area contributed by atoms with Gasteiger partial charge in [0, 0.05) is 31.4 Å². The van der Waals surface area contributed by atoms with Crippen LogP contribution in [0.4, 0.5) is 5.69 Å². The van der Waals surface area contributed by atoms with E-state index in [1.165, 1.54) is 20.1 Å². The summed E-state index contributed by atoms with van der Waals surface area (Å²) >= 11 is 0. The lowest BCUT2D eigenvalue weighted by Crippen LogP contribution is -2.32. The van der Waals surface area contributed by atoms with Crippen molar-refractivity contribution in [3.05, 3.63) is 75.7 Å². The van der Waals surface area contributed by atoms with E-state index in [2.05, 4.69) is 20.9 Å². The van der Waals surface area contributed by atoms with E-state index in [1.54, 1.807) is 32.7 Å². The summed E-state index contributed by atoms with van der Waals surface area (Å²) in [6.45, 7) is 1.85. The Hall–Kier alpha value is -4.60. The van der Waals surface area contributed by atoms with E-state index in [0.29, 0.717) is 48.6 Å². The van der Waals surface area contributed by atoms with Crippen LogP contribution in [0.1, 0.15) is 36.1 Å². The largest absolute Gasteiger partial charge is 0.493 e. The number of carbonyl (C=O) groups is 2. The van der Waals surface area contributed by atoms with Crippen molar-refractivity contribution in [1.29, 1.82) is 0 Å². The van der Waals surface area contributed by atoms with Crippen molar-refractivity contribution in [2.75, 3.05) is 39.7 Å². The van der Waals surface area contributed by atoms with E-state index < -0.39 is 6.04 Å². The summed E-state index contributed by atoms with van der Waals surface area (Å²) < 4.78 is 17.0. The Morgan fingerprint density at radius 1 is 1.00 bits per heavy atom. The summed E-state index contributed by atoms with van der Waals surface area (Å²) in [6.07, 6.45) is 5.26. The van der Waals surface area contributed by atoms with Crippen LogP contribution in [-0.4, -0.2) is 51.2 Å². The molecule has 1 aromatic heterocycles. The second-order valence-electron chi connectivity index (χ2n) is 9.40. The second-order valence-corrected chi connectivity index (χ2v) is 9.40. The first-order chi connectivity index (χ1) is 19.4. The number of ether oxygens (including phenoxy) is 3. The van der Waals surface area contributed by atoms with Crippen LogP contribution in [-0.2, 0) is 22.4 Å². The number of aryl methyl sites for hydroxylation is 1. The molecule has 1 heterocycles. The fourth-order valence-electron chi connectivity index (χ4n) is 4.99. The predicted octanol–water partition coefficient (Wildman–Crippen LogP) is 3.03. The molecule has 0 radical (unpaired) electrons. The number of anilines is 1. The molecule has 0 saturated carbocycles. The SMILES string of the molecule is COc1cc2c(c(OC)c1OC)-c1ccc(NCC(=O)NCCc3ccncc3)c(=O)cc1[C@@H](NC(C)=O)CC2. The molecule has 10 nitrogen and oxygen atoms in total. The number of carbonyl (C=O) groups excluding carboxylic acids is 2. The van der Waals surface area contributed by atoms with Crippen LogP contribution in [0.25, 0.3) is 11.1 Å². The molecule has 0 unspecified atom stereocenters. The van der Waals surface area contributed by atoms with E-state index >= 15 is 0 Å². The minimum Gasteiger partial charge on any atom is -0.493 e. The monoisotopic (exact) mass is 546 g/mol. The van der Waals surface area contributed by atoms with Crippen molar-refractivity contribution < 1.29 is 23.8 Å². The third-order valence-electron chi connectivity index (χ3n) is 6.84. The van der Waals surface area contributed by atoms with Gasteiger partial charge >= 0.3 is 0 Å². The maximum absolute atomic E-state index is 13.3. The van der Waals surface area contributed by atoms with Gasteiger partial charge in [0.25, 0.3) is 0 Å². The number of hydrogen-bond donors (Lipinski definition) is 3. The molecular formula is C30H34N4O6. The van der Waals surface area contributed by atoms with Crippen molar-refractivity contribution in [3.63, 3.8) is 0 Å². The summed E-state index contributed by atoms with van der Waals surface area (Å²) in [7, 11) is 4.65. The standard InChI is InChI=1S/C30H34N4O6/c1-18(35)34-23-7-5-20-15-26(38-2)29(39-3)30(40-4)28(20)21-6-8-24(25(36)16-22(21)23)33-17-27(37)32-14-11-19-9-12-31-13-10-19/h6,8-10,12-13,15-16,23H,5,7,11,14,17H2,1-4H3,(H,32,37)(H,33,36)(H,34,35)/t23-/m0/s1. The van der Waals surface area contributed by atoms with Crippen LogP contribution >= 0.6 is 0 Å². The number of amides is 2. The van der Waals surface area contributed by atoms with Crippen LogP contribution < -0.4 is 35.6 Å². The zero-order valence-corrected chi connectivity index (χ0v) is 23.1. The zero-order chi connectivity index (χ0) is 28.6. The number of methoxy groups -OCH3 is 3. The number of benzene rings is 1. The van der Waals surface area contributed by atoms with Gasteiger partial charge in [-0.2, -0.15) is 0 Å². The number of nitrogens with one attached hydrogen (secondary N) is 3.